The van der Waals surface area contributed by atoms with Gasteiger partial charge in [-0.15, -0.1) is 0 Å². The molecule has 0 spiro atoms. The molecule has 2 aromatic rings. The standard InChI is InChI=1S/C19H20FN3O4S/c1-12-7-8-15(11-16(12)20)28(26,27)23-14-5-2-4-13(10-14)18(24)22-17-6-3-9-21-19(17)25/h2,4-5,7-8,10-11,17,23H,3,6,9H2,1H3,(H,21,25)(H,22,24). The van der Waals surface area contributed by atoms with Crippen LogP contribution >= 0.6 is 0 Å². The fraction of sp³-hybridized carbons (Fsp3) is 0.263. The number of carbonyl (C=O) groups is 2. The van der Waals surface area contributed by atoms with Crippen molar-refractivity contribution >= 4 is 27.5 Å². The molecule has 0 radical (unpaired) electrons. The van der Waals surface area contributed by atoms with Crippen molar-refractivity contribution in [2.75, 3.05) is 11.3 Å². The molecule has 7 nitrogen and oxygen atoms in total. The summed E-state index contributed by atoms with van der Waals surface area (Å²) >= 11 is 0. The van der Waals surface area contributed by atoms with Crippen LogP contribution in [-0.2, 0) is 14.8 Å². The van der Waals surface area contributed by atoms with Crippen LogP contribution in [0.3, 0.4) is 0 Å². The molecular weight excluding hydrogens is 385 g/mol. The quantitative estimate of drug-likeness (QED) is 0.707. The number of anilines is 1. The lowest BCUT2D eigenvalue weighted by Gasteiger charge is -2.22. The highest BCUT2D eigenvalue weighted by Gasteiger charge is 2.24. The topological polar surface area (TPSA) is 104 Å². The number of piperidine rings is 1. The molecule has 9 heteroatoms. The lowest BCUT2D eigenvalue weighted by atomic mass is 10.1. The van der Waals surface area contributed by atoms with E-state index in [1.165, 1.54) is 43.3 Å². The number of hydrogen-bond acceptors (Lipinski definition) is 4. The molecule has 1 aliphatic heterocycles. The second-order valence-electron chi connectivity index (χ2n) is 6.56. The summed E-state index contributed by atoms with van der Waals surface area (Å²) in [6.07, 6.45) is 1.31. The first kappa shape index (κ1) is 19.8. The highest BCUT2D eigenvalue weighted by molar-refractivity contribution is 7.92. The molecule has 1 saturated heterocycles. The third kappa shape index (κ3) is 4.48. The predicted octanol–water partition coefficient (Wildman–Crippen LogP) is 1.94. The summed E-state index contributed by atoms with van der Waals surface area (Å²) in [6.45, 7) is 2.12. The number of sulfonamides is 1. The van der Waals surface area contributed by atoms with Gasteiger partial charge in [-0.2, -0.15) is 0 Å². The number of amides is 2. The molecule has 0 saturated carbocycles. The molecule has 3 N–H and O–H groups in total. The van der Waals surface area contributed by atoms with Gasteiger partial charge in [-0.1, -0.05) is 12.1 Å². The van der Waals surface area contributed by atoms with Crippen molar-refractivity contribution in [3.8, 4) is 0 Å². The van der Waals surface area contributed by atoms with Gasteiger partial charge >= 0.3 is 0 Å². The van der Waals surface area contributed by atoms with Gasteiger partial charge in [-0.25, -0.2) is 12.8 Å². The van der Waals surface area contributed by atoms with Crippen molar-refractivity contribution in [1.82, 2.24) is 10.6 Å². The molecule has 1 fully saturated rings. The SMILES string of the molecule is Cc1ccc(S(=O)(=O)Nc2cccc(C(=O)NC3CCCNC3=O)c2)cc1F. The molecule has 0 aromatic heterocycles. The molecule has 3 rings (SSSR count). The maximum absolute atomic E-state index is 13.7. The third-order valence-corrected chi connectivity index (χ3v) is 5.80. The molecule has 2 amide bonds. The van der Waals surface area contributed by atoms with Crippen molar-refractivity contribution in [2.45, 2.75) is 30.7 Å². The minimum atomic E-state index is -4.02. The third-order valence-electron chi connectivity index (χ3n) is 4.42. The van der Waals surface area contributed by atoms with E-state index >= 15 is 0 Å². The van der Waals surface area contributed by atoms with Crippen LogP contribution in [0.1, 0.15) is 28.8 Å². The van der Waals surface area contributed by atoms with E-state index in [-0.39, 0.29) is 22.1 Å². The molecule has 1 heterocycles. The van der Waals surface area contributed by atoms with Gasteiger partial charge in [0.1, 0.15) is 11.9 Å². The highest BCUT2D eigenvalue weighted by atomic mass is 32.2. The van der Waals surface area contributed by atoms with Gasteiger partial charge in [-0.05, 0) is 55.7 Å². The van der Waals surface area contributed by atoms with E-state index in [0.717, 1.165) is 12.5 Å². The Balaban J connectivity index is 1.76. The minimum absolute atomic E-state index is 0.154. The number of benzene rings is 2. The van der Waals surface area contributed by atoms with Crippen molar-refractivity contribution in [3.05, 3.63) is 59.4 Å². The second kappa shape index (κ2) is 7.97. The molecule has 0 aliphatic carbocycles. The number of halogens is 1. The average molecular weight is 405 g/mol. The van der Waals surface area contributed by atoms with Crippen LogP contribution in [0.15, 0.2) is 47.4 Å². The van der Waals surface area contributed by atoms with Crippen LogP contribution in [-0.4, -0.2) is 32.8 Å². The van der Waals surface area contributed by atoms with E-state index in [2.05, 4.69) is 15.4 Å². The second-order valence-corrected chi connectivity index (χ2v) is 8.24. The maximum Gasteiger partial charge on any atom is 0.261 e. The van der Waals surface area contributed by atoms with Crippen LogP contribution in [0.5, 0.6) is 0 Å². The first-order valence-electron chi connectivity index (χ1n) is 8.74. The smallest absolute Gasteiger partial charge is 0.261 e. The summed E-state index contributed by atoms with van der Waals surface area (Å²) in [5.41, 5.74) is 0.694. The Kier molecular flexibility index (Phi) is 5.64. The Labute approximate surface area is 162 Å². The summed E-state index contributed by atoms with van der Waals surface area (Å²) < 4.78 is 41.0. The van der Waals surface area contributed by atoms with Crippen molar-refractivity contribution in [1.29, 1.82) is 0 Å². The normalized spacial score (nSPS) is 16.9. The van der Waals surface area contributed by atoms with Crippen LogP contribution in [0.25, 0.3) is 0 Å². The van der Waals surface area contributed by atoms with Gasteiger partial charge in [-0.3, -0.25) is 14.3 Å². The molecule has 148 valence electrons. The maximum atomic E-state index is 13.7. The van der Waals surface area contributed by atoms with E-state index in [0.29, 0.717) is 18.5 Å². The van der Waals surface area contributed by atoms with Gasteiger partial charge in [0.2, 0.25) is 5.91 Å². The fourth-order valence-electron chi connectivity index (χ4n) is 2.83. The van der Waals surface area contributed by atoms with E-state index in [4.69, 9.17) is 0 Å². The van der Waals surface area contributed by atoms with Crippen molar-refractivity contribution in [3.63, 3.8) is 0 Å². The number of hydrogen-bond donors (Lipinski definition) is 3. The van der Waals surface area contributed by atoms with Gasteiger partial charge in [0, 0.05) is 17.8 Å². The number of nitrogens with one attached hydrogen (secondary N) is 3. The highest BCUT2D eigenvalue weighted by Crippen LogP contribution is 2.19. The molecule has 0 bridgehead atoms. The van der Waals surface area contributed by atoms with Crippen LogP contribution in [0.4, 0.5) is 10.1 Å². The number of rotatable bonds is 5. The lowest BCUT2D eigenvalue weighted by Crippen LogP contribution is -2.50. The predicted molar refractivity (Wildman–Crippen MR) is 102 cm³/mol. The summed E-state index contributed by atoms with van der Waals surface area (Å²) in [6, 6.07) is 8.88. The summed E-state index contributed by atoms with van der Waals surface area (Å²) in [5.74, 6) is -1.34. The molecule has 1 aliphatic rings. The van der Waals surface area contributed by atoms with Crippen LogP contribution in [0.2, 0.25) is 0 Å². The zero-order valence-electron chi connectivity index (χ0n) is 15.2. The van der Waals surface area contributed by atoms with E-state index in [1.54, 1.807) is 0 Å². The first-order valence-corrected chi connectivity index (χ1v) is 10.2. The Bertz CT molecular complexity index is 1020. The lowest BCUT2D eigenvalue weighted by molar-refractivity contribution is -0.124. The van der Waals surface area contributed by atoms with Gasteiger partial charge in [0.15, 0.2) is 0 Å². The number of carbonyl (C=O) groups excluding carboxylic acids is 2. The van der Waals surface area contributed by atoms with Crippen LogP contribution in [0, 0.1) is 12.7 Å². The van der Waals surface area contributed by atoms with Gasteiger partial charge < -0.3 is 10.6 Å². The Morgan fingerprint density at radius 3 is 2.71 bits per heavy atom. The number of aryl methyl sites for hydroxylation is 1. The zero-order valence-corrected chi connectivity index (χ0v) is 16.0. The molecule has 2 aromatic carbocycles. The van der Waals surface area contributed by atoms with Crippen molar-refractivity contribution < 1.29 is 22.4 Å². The summed E-state index contributed by atoms with van der Waals surface area (Å²) in [4.78, 5) is 24.0. The first-order chi connectivity index (χ1) is 13.3. The average Bonchev–Trinajstić information content (AvgIpc) is 2.65. The monoisotopic (exact) mass is 405 g/mol. The fourth-order valence-corrected chi connectivity index (χ4v) is 3.89. The van der Waals surface area contributed by atoms with E-state index in [9.17, 15) is 22.4 Å². The van der Waals surface area contributed by atoms with Crippen LogP contribution < -0.4 is 15.4 Å². The molecule has 28 heavy (non-hydrogen) atoms. The van der Waals surface area contributed by atoms with Gasteiger partial charge in [0.05, 0.1) is 4.90 Å². The summed E-state index contributed by atoms with van der Waals surface area (Å²) in [5, 5.41) is 5.32. The zero-order chi connectivity index (χ0) is 20.3. The van der Waals surface area contributed by atoms with E-state index in [1.807, 2.05) is 0 Å². The largest absolute Gasteiger partial charge is 0.354 e. The summed E-state index contributed by atoms with van der Waals surface area (Å²) in [7, 11) is -4.02. The van der Waals surface area contributed by atoms with E-state index < -0.39 is 27.8 Å². The minimum Gasteiger partial charge on any atom is -0.354 e. The Morgan fingerprint density at radius 1 is 1.21 bits per heavy atom. The Morgan fingerprint density at radius 2 is 2.00 bits per heavy atom. The Hall–Kier alpha value is -2.94. The molecule has 1 atom stereocenters. The molecular formula is C19H20FN3O4S. The van der Waals surface area contributed by atoms with Gasteiger partial charge in [0.25, 0.3) is 15.9 Å². The van der Waals surface area contributed by atoms with Crippen molar-refractivity contribution in [2.24, 2.45) is 0 Å². The molecule has 1 unspecified atom stereocenters.